The second-order valence-electron chi connectivity index (χ2n) is 5.98. The molecule has 3 nitrogen and oxygen atoms in total. The third-order valence-electron chi connectivity index (χ3n) is 4.39. The van der Waals surface area contributed by atoms with E-state index in [4.69, 9.17) is 11.6 Å². The van der Waals surface area contributed by atoms with Crippen LogP contribution in [-0.4, -0.2) is 19.3 Å². The number of halogens is 2. The normalized spacial score (nSPS) is 22.2. The van der Waals surface area contributed by atoms with Crippen LogP contribution in [0.5, 0.6) is 0 Å². The fraction of sp³-hybridized carbons (Fsp3) is 0.222. The van der Waals surface area contributed by atoms with E-state index in [0.29, 0.717) is 5.03 Å². The highest BCUT2D eigenvalue weighted by Crippen LogP contribution is 2.49. The van der Waals surface area contributed by atoms with Crippen molar-refractivity contribution in [3.8, 4) is 0 Å². The Morgan fingerprint density at radius 1 is 1.08 bits per heavy atom. The van der Waals surface area contributed by atoms with Crippen LogP contribution in [0.1, 0.15) is 18.1 Å². The molecular weight excluding hydrogens is 457 g/mol. The molecule has 0 radical (unpaired) electrons. The van der Waals surface area contributed by atoms with E-state index in [0.717, 1.165) is 14.7 Å². The summed E-state index contributed by atoms with van der Waals surface area (Å²) in [5, 5.41) is 0.567. The van der Waals surface area contributed by atoms with Crippen LogP contribution in [0.3, 0.4) is 0 Å². The molecule has 1 aliphatic rings. The summed E-state index contributed by atoms with van der Waals surface area (Å²) in [4.78, 5) is 0.283. The lowest BCUT2D eigenvalue weighted by atomic mass is 9.93. The zero-order valence-corrected chi connectivity index (χ0v) is 17.1. The van der Waals surface area contributed by atoms with Crippen LogP contribution >= 0.6 is 34.2 Å². The molecule has 1 aliphatic heterocycles. The van der Waals surface area contributed by atoms with Gasteiger partial charge in [0.25, 0.3) is 0 Å². The van der Waals surface area contributed by atoms with Crippen molar-refractivity contribution in [3.05, 3.63) is 74.3 Å². The van der Waals surface area contributed by atoms with E-state index in [1.807, 2.05) is 56.3 Å². The van der Waals surface area contributed by atoms with Crippen molar-refractivity contribution < 1.29 is 8.42 Å². The molecule has 0 N–H and O–H groups in total. The van der Waals surface area contributed by atoms with Gasteiger partial charge in [-0.15, -0.1) is 0 Å². The van der Waals surface area contributed by atoms with Gasteiger partial charge < -0.3 is 0 Å². The average Bonchev–Trinajstić information content (AvgIpc) is 2.82. The van der Waals surface area contributed by atoms with Crippen molar-refractivity contribution in [1.29, 1.82) is 0 Å². The summed E-state index contributed by atoms with van der Waals surface area (Å²) in [6.07, 6.45) is 0. The highest BCUT2D eigenvalue weighted by atomic mass is 127. The zero-order chi connectivity index (χ0) is 17.5. The molecule has 0 fully saturated rings. The number of hydrogen-bond donors (Lipinski definition) is 0. The standard InChI is InChI=1S/C18H17ClINO2S/c1-13-8-10-15(11-9-13)24(22,23)21-12-16(19)17(20)18(21,2)14-6-4-3-5-7-14/h3-11H,12H2,1-2H3. The Hall–Kier alpha value is -0.890. The number of aryl methyl sites for hydroxylation is 1. The molecule has 2 aromatic rings. The van der Waals surface area contributed by atoms with E-state index < -0.39 is 15.6 Å². The molecule has 0 aliphatic carbocycles. The average molecular weight is 474 g/mol. The van der Waals surface area contributed by atoms with E-state index in [2.05, 4.69) is 22.6 Å². The second kappa shape index (κ2) is 6.44. The first-order chi connectivity index (χ1) is 11.3. The highest BCUT2D eigenvalue weighted by molar-refractivity contribution is 14.1. The monoisotopic (exact) mass is 473 g/mol. The fourth-order valence-corrected chi connectivity index (χ4v) is 5.95. The number of benzene rings is 2. The molecule has 3 rings (SSSR count). The topological polar surface area (TPSA) is 37.4 Å². The van der Waals surface area contributed by atoms with Crippen molar-refractivity contribution in [2.24, 2.45) is 0 Å². The predicted molar refractivity (Wildman–Crippen MR) is 106 cm³/mol. The van der Waals surface area contributed by atoms with Crippen LogP contribution in [0.4, 0.5) is 0 Å². The maximum Gasteiger partial charge on any atom is 0.244 e. The molecule has 0 aromatic heterocycles. The Bertz CT molecular complexity index is 894. The van der Waals surface area contributed by atoms with Crippen LogP contribution in [0.25, 0.3) is 0 Å². The largest absolute Gasteiger partial charge is 0.244 e. The lowest BCUT2D eigenvalue weighted by Gasteiger charge is -2.35. The third kappa shape index (κ3) is 2.81. The zero-order valence-electron chi connectivity index (χ0n) is 13.3. The maximum atomic E-state index is 13.3. The molecule has 2 aromatic carbocycles. The lowest BCUT2D eigenvalue weighted by molar-refractivity contribution is 0.305. The highest BCUT2D eigenvalue weighted by Gasteiger charge is 2.49. The Morgan fingerprint density at radius 2 is 1.67 bits per heavy atom. The van der Waals surface area contributed by atoms with Gasteiger partial charge in [-0.25, -0.2) is 8.42 Å². The summed E-state index contributed by atoms with van der Waals surface area (Å²) in [6, 6.07) is 16.5. The van der Waals surface area contributed by atoms with Gasteiger partial charge in [-0.2, -0.15) is 4.31 Å². The van der Waals surface area contributed by atoms with E-state index >= 15 is 0 Å². The van der Waals surface area contributed by atoms with Crippen LogP contribution in [0.2, 0.25) is 0 Å². The molecule has 0 bridgehead atoms. The number of hydrogen-bond acceptors (Lipinski definition) is 2. The first-order valence-electron chi connectivity index (χ1n) is 7.47. The quantitative estimate of drug-likeness (QED) is 0.601. The minimum Gasteiger partial charge on any atom is -0.207 e. The molecule has 1 unspecified atom stereocenters. The van der Waals surface area contributed by atoms with E-state index in [1.165, 1.54) is 4.31 Å². The Labute approximate surface area is 161 Å². The summed E-state index contributed by atoms with van der Waals surface area (Å²) < 4.78 is 28.9. The van der Waals surface area contributed by atoms with E-state index in [1.54, 1.807) is 12.1 Å². The summed E-state index contributed by atoms with van der Waals surface area (Å²) >= 11 is 8.54. The van der Waals surface area contributed by atoms with Crippen LogP contribution in [0.15, 0.2) is 68.1 Å². The first-order valence-corrected chi connectivity index (χ1v) is 10.4. The molecular formula is C18H17ClINO2S. The minimum absolute atomic E-state index is 0.182. The van der Waals surface area contributed by atoms with Gasteiger partial charge in [-0.3, -0.25) is 0 Å². The van der Waals surface area contributed by atoms with Crippen LogP contribution in [0, 0.1) is 6.92 Å². The molecule has 0 amide bonds. The van der Waals surface area contributed by atoms with Crippen molar-refractivity contribution in [3.63, 3.8) is 0 Å². The maximum absolute atomic E-state index is 13.3. The molecule has 6 heteroatoms. The molecule has 1 heterocycles. The summed E-state index contributed by atoms with van der Waals surface area (Å²) in [7, 11) is -3.67. The first kappa shape index (κ1) is 17.9. The number of sulfonamides is 1. The fourth-order valence-electron chi connectivity index (χ4n) is 2.92. The molecule has 0 saturated carbocycles. The Kier molecular flexibility index (Phi) is 4.81. The van der Waals surface area contributed by atoms with Gasteiger partial charge in [-0.05, 0) is 54.1 Å². The summed E-state index contributed by atoms with van der Waals surface area (Å²) in [5.41, 5.74) is 1.12. The minimum atomic E-state index is -3.67. The van der Waals surface area contributed by atoms with Gasteiger partial charge in [0.2, 0.25) is 10.0 Å². The second-order valence-corrected chi connectivity index (χ2v) is 9.38. The van der Waals surface area contributed by atoms with E-state index in [-0.39, 0.29) is 11.4 Å². The molecule has 126 valence electrons. The van der Waals surface area contributed by atoms with Crippen LogP contribution < -0.4 is 0 Å². The smallest absolute Gasteiger partial charge is 0.207 e. The lowest BCUT2D eigenvalue weighted by Crippen LogP contribution is -2.44. The van der Waals surface area contributed by atoms with Crippen molar-refractivity contribution in [2.45, 2.75) is 24.3 Å². The molecule has 0 saturated heterocycles. The van der Waals surface area contributed by atoms with Crippen molar-refractivity contribution in [2.75, 3.05) is 6.54 Å². The van der Waals surface area contributed by atoms with Gasteiger partial charge in [0, 0.05) is 8.61 Å². The Morgan fingerprint density at radius 3 is 2.25 bits per heavy atom. The summed E-state index contributed by atoms with van der Waals surface area (Å²) in [5.74, 6) is 0. The SMILES string of the molecule is Cc1ccc(S(=O)(=O)N2CC(Cl)=C(I)C2(C)c2ccccc2)cc1. The molecule has 0 spiro atoms. The van der Waals surface area contributed by atoms with Gasteiger partial charge in [0.15, 0.2) is 0 Å². The molecule has 1 atom stereocenters. The number of rotatable bonds is 3. The van der Waals surface area contributed by atoms with Crippen LogP contribution in [-0.2, 0) is 15.6 Å². The van der Waals surface area contributed by atoms with Gasteiger partial charge in [0.05, 0.1) is 17.0 Å². The van der Waals surface area contributed by atoms with Crippen molar-refractivity contribution >= 4 is 44.2 Å². The van der Waals surface area contributed by atoms with Gasteiger partial charge in [0.1, 0.15) is 0 Å². The number of nitrogens with zero attached hydrogens (tertiary/aromatic N) is 1. The van der Waals surface area contributed by atoms with Crippen molar-refractivity contribution in [1.82, 2.24) is 4.31 Å². The van der Waals surface area contributed by atoms with Gasteiger partial charge >= 0.3 is 0 Å². The summed E-state index contributed by atoms with van der Waals surface area (Å²) in [6.45, 7) is 4.02. The van der Waals surface area contributed by atoms with E-state index in [9.17, 15) is 8.42 Å². The van der Waals surface area contributed by atoms with Gasteiger partial charge in [-0.1, -0.05) is 59.6 Å². The molecule has 24 heavy (non-hydrogen) atoms. The third-order valence-corrected chi connectivity index (χ3v) is 8.66. The predicted octanol–water partition coefficient (Wildman–Crippen LogP) is 4.80. The Balaban J connectivity index is 2.15.